The lowest BCUT2D eigenvalue weighted by Crippen LogP contribution is -1.92. The smallest absolute Gasteiger partial charge is 0.194 e. The van der Waals surface area contributed by atoms with Crippen LogP contribution in [0, 0.1) is 0 Å². The van der Waals surface area contributed by atoms with Gasteiger partial charge in [0, 0.05) is 6.42 Å². The number of hydrogen-bond donors (Lipinski definition) is 0. The van der Waals surface area contributed by atoms with Crippen LogP contribution in [0.15, 0.2) is 25.1 Å². The molecule has 0 rings (SSSR count). The van der Waals surface area contributed by atoms with Crippen molar-refractivity contribution in [3.8, 4) is 0 Å². The molecular weight excluding hydrogens is 107 g/mol. The number of carbonyl (C=O) groups excluding carboxylic acids is 1. The largest absolute Gasteiger partial charge is 0.291 e. The molecule has 0 fully saturated rings. The molecule has 2 heteroatoms. The van der Waals surface area contributed by atoms with Crippen LogP contribution in [0.3, 0.4) is 0 Å². The van der Waals surface area contributed by atoms with Gasteiger partial charge < -0.3 is 0 Å². The average Bonchev–Trinajstić information content (AvgIpc) is 1.67. The highest BCUT2D eigenvalue weighted by molar-refractivity contribution is 5.93. The Balaban J connectivity index is 3.65. The van der Waals surface area contributed by atoms with E-state index in [4.69, 9.17) is 0 Å². The highest BCUT2D eigenvalue weighted by Gasteiger charge is 2.00. The molecule has 0 radical (unpaired) electrons. The van der Waals surface area contributed by atoms with Gasteiger partial charge in [-0.3, -0.25) is 4.79 Å². The van der Waals surface area contributed by atoms with Crippen LogP contribution < -0.4 is 0 Å². The summed E-state index contributed by atoms with van der Waals surface area (Å²) in [6.07, 6.45) is 1.38. The Morgan fingerprint density at radius 3 is 2.38 bits per heavy atom. The minimum Gasteiger partial charge on any atom is -0.291 e. The number of allylic oxidation sites excluding steroid dienone is 2. The first kappa shape index (κ1) is 7.08. The van der Waals surface area contributed by atoms with Crippen LogP contribution in [0.25, 0.3) is 0 Å². The van der Waals surface area contributed by atoms with Gasteiger partial charge in [0.05, 0.1) is 0 Å². The molecule has 0 saturated heterocycles. The zero-order valence-corrected chi connectivity index (χ0v) is 4.48. The van der Waals surface area contributed by atoms with Gasteiger partial charge in [-0.05, 0) is 0 Å². The molecule has 8 heavy (non-hydrogen) atoms. The second kappa shape index (κ2) is 3.13. The molecule has 0 aromatic rings. The molecule has 0 aliphatic heterocycles. The maximum atomic E-state index is 11.7. The fraction of sp³-hybridized carbons (Fsp3) is 0.167. The van der Waals surface area contributed by atoms with E-state index in [0.29, 0.717) is 0 Å². The Morgan fingerprint density at radius 1 is 1.75 bits per heavy atom. The van der Waals surface area contributed by atoms with E-state index in [1.54, 1.807) is 0 Å². The summed E-state index contributed by atoms with van der Waals surface area (Å²) in [5, 5.41) is 0. The monoisotopic (exact) mass is 114 g/mol. The third-order valence-electron chi connectivity index (χ3n) is 0.632. The molecule has 0 amide bonds. The number of hydrogen-bond acceptors (Lipinski definition) is 1. The highest BCUT2D eigenvalue weighted by Crippen LogP contribution is 1.96. The number of rotatable bonds is 3. The van der Waals surface area contributed by atoms with Gasteiger partial charge in [0.2, 0.25) is 0 Å². The van der Waals surface area contributed by atoms with Crippen LogP contribution >= 0.6 is 0 Å². The lowest BCUT2D eigenvalue weighted by atomic mass is 10.3. The zero-order chi connectivity index (χ0) is 6.57. The van der Waals surface area contributed by atoms with Crippen LogP contribution in [-0.4, -0.2) is 5.78 Å². The second-order valence-electron chi connectivity index (χ2n) is 1.32. The minimum atomic E-state index is -0.898. The third kappa shape index (κ3) is 2.29. The fourth-order valence-electron chi connectivity index (χ4n) is 0.242. The normalized spacial score (nSPS) is 8.12. The molecule has 0 aromatic heterocycles. The SMILES string of the molecule is C=CCC(=O)C(=C)F. The Hall–Kier alpha value is -0.920. The topological polar surface area (TPSA) is 17.1 Å². The van der Waals surface area contributed by atoms with E-state index in [1.807, 2.05) is 0 Å². The summed E-state index contributed by atoms with van der Waals surface area (Å²) >= 11 is 0. The van der Waals surface area contributed by atoms with Crippen molar-refractivity contribution in [3.05, 3.63) is 25.1 Å². The molecule has 0 atom stereocenters. The summed E-state index contributed by atoms with van der Waals surface area (Å²) in [5.41, 5.74) is 0. The molecule has 0 N–H and O–H groups in total. The highest BCUT2D eigenvalue weighted by atomic mass is 19.1. The first-order valence-corrected chi connectivity index (χ1v) is 2.17. The quantitative estimate of drug-likeness (QED) is 0.402. The summed E-state index contributed by atoms with van der Waals surface area (Å²) in [6.45, 7) is 6.06. The summed E-state index contributed by atoms with van der Waals surface area (Å²) in [7, 11) is 0. The predicted molar refractivity (Wildman–Crippen MR) is 30.1 cm³/mol. The summed E-state index contributed by atoms with van der Waals surface area (Å²) in [5.74, 6) is -1.50. The van der Waals surface area contributed by atoms with Gasteiger partial charge >= 0.3 is 0 Å². The second-order valence-corrected chi connectivity index (χ2v) is 1.32. The molecule has 1 nitrogen and oxygen atoms in total. The van der Waals surface area contributed by atoms with E-state index in [9.17, 15) is 9.18 Å². The van der Waals surface area contributed by atoms with E-state index in [-0.39, 0.29) is 6.42 Å². The Bertz CT molecular complexity index is 126. The first-order chi connectivity index (χ1) is 3.68. The van der Waals surface area contributed by atoms with Crippen molar-refractivity contribution in [2.45, 2.75) is 6.42 Å². The molecule has 0 spiro atoms. The van der Waals surface area contributed by atoms with Crippen molar-refractivity contribution in [2.75, 3.05) is 0 Å². The van der Waals surface area contributed by atoms with Gasteiger partial charge in [0.1, 0.15) is 0 Å². The first-order valence-electron chi connectivity index (χ1n) is 2.17. The van der Waals surface area contributed by atoms with Gasteiger partial charge in [-0.1, -0.05) is 12.7 Å². The number of halogens is 1. The van der Waals surface area contributed by atoms with Gasteiger partial charge in [0.15, 0.2) is 11.6 Å². The van der Waals surface area contributed by atoms with Crippen LogP contribution in [0.1, 0.15) is 6.42 Å². The maximum Gasteiger partial charge on any atom is 0.194 e. The van der Waals surface area contributed by atoms with Gasteiger partial charge in [-0.15, -0.1) is 6.58 Å². The molecule has 0 aromatic carbocycles. The van der Waals surface area contributed by atoms with E-state index in [1.165, 1.54) is 6.08 Å². The van der Waals surface area contributed by atoms with E-state index in [2.05, 4.69) is 13.2 Å². The minimum absolute atomic E-state index is 0.0370. The van der Waals surface area contributed by atoms with Crippen molar-refractivity contribution in [2.24, 2.45) is 0 Å². The summed E-state index contributed by atoms with van der Waals surface area (Å²) in [6, 6.07) is 0. The number of ketones is 1. The molecule has 0 aliphatic rings. The molecule has 0 saturated carbocycles. The van der Waals surface area contributed by atoms with E-state index >= 15 is 0 Å². The fourth-order valence-corrected chi connectivity index (χ4v) is 0.242. The van der Waals surface area contributed by atoms with Gasteiger partial charge in [0.25, 0.3) is 0 Å². The van der Waals surface area contributed by atoms with Gasteiger partial charge in [-0.2, -0.15) is 0 Å². The van der Waals surface area contributed by atoms with Crippen LogP contribution in [0.5, 0.6) is 0 Å². The molecule has 0 unspecified atom stereocenters. The maximum absolute atomic E-state index is 11.7. The molecule has 0 aliphatic carbocycles. The average molecular weight is 114 g/mol. The van der Waals surface area contributed by atoms with Crippen molar-refractivity contribution in [1.82, 2.24) is 0 Å². The predicted octanol–water partition coefficient (Wildman–Crippen LogP) is 1.61. The van der Waals surface area contributed by atoms with Crippen LogP contribution in [0.4, 0.5) is 4.39 Å². The van der Waals surface area contributed by atoms with Crippen LogP contribution in [-0.2, 0) is 4.79 Å². The van der Waals surface area contributed by atoms with Crippen molar-refractivity contribution < 1.29 is 9.18 Å². The molecule has 0 bridgehead atoms. The Kier molecular flexibility index (Phi) is 2.77. The standard InChI is InChI=1S/C6H7FO/c1-3-4-6(8)5(2)7/h3H,1-2,4H2. The lowest BCUT2D eigenvalue weighted by Gasteiger charge is -1.85. The number of Topliss-reactive ketones (excluding diaryl/α,β-unsaturated/α-hetero) is 1. The summed E-state index contributed by atoms with van der Waals surface area (Å²) < 4.78 is 11.7. The van der Waals surface area contributed by atoms with Crippen molar-refractivity contribution in [3.63, 3.8) is 0 Å². The zero-order valence-electron chi connectivity index (χ0n) is 4.48. The number of carbonyl (C=O) groups is 1. The van der Waals surface area contributed by atoms with Crippen LogP contribution in [0.2, 0.25) is 0 Å². The van der Waals surface area contributed by atoms with E-state index < -0.39 is 11.6 Å². The van der Waals surface area contributed by atoms with Crippen molar-refractivity contribution >= 4 is 5.78 Å². The molecule has 0 heterocycles. The molecule has 44 valence electrons. The Morgan fingerprint density at radius 2 is 2.25 bits per heavy atom. The summed E-state index contributed by atoms with van der Waals surface area (Å²) in [4.78, 5) is 10.2. The Labute approximate surface area is 47.5 Å². The molecular formula is C6H7FO. The third-order valence-corrected chi connectivity index (χ3v) is 0.632. The lowest BCUT2D eigenvalue weighted by molar-refractivity contribution is -0.116. The van der Waals surface area contributed by atoms with E-state index in [0.717, 1.165) is 0 Å². The van der Waals surface area contributed by atoms with Gasteiger partial charge in [-0.25, -0.2) is 4.39 Å². The van der Waals surface area contributed by atoms with Crippen molar-refractivity contribution in [1.29, 1.82) is 0 Å².